The average Bonchev–Trinajstić information content (AvgIpc) is 2.82. The van der Waals surface area contributed by atoms with Crippen molar-refractivity contribution >= 4 is 40.1 Å². The molecule has 4 nitrogen and oxygen atoms in total. The summed E-state index contributed by atoms with van der Waals surface area (Å²) in [5.41, 5.74) is -1.68. The van der Waals surface area contributed by atoms with Crippen LogP contribution >= 0.6 is 23.2 Å². The number of aromatic nitrogens is 1. The third kappa shape index (κ3) is 3.12. The standard InChI is InChI=1S/C16H8Cl2F3NO3/c17-9-1-7(2-10(18)5-9)8-3-12(16(19,20)21)11-6-14(15(23)24)22(25)13(11)4-8/h1-6,25H,(H,23,24). The van der Waals surface area contributed by atoms with Crippen molar-refractivity contribution in [3.63, 3.8) is 0 Å². The number of rotatable bonds is 2. The third-order valence-electron chi connectivity index (χ3n) is 3.62. The number of carboxylic acids is 1. The van der Waals surface area contributed by atoms with Crippen molar-refractivity contribution in [3.05, 3.63) is 57.7 Å². The van der Waals surface area contributed by atoms with E-state index in [1.807, 2.05) is 0 Å². The highest BCUT2D eigenvalue weighted by Gasteiger charge is 2.35. The minimum atomic E-state index is -4.76. The number of alkyl halides is 3. The van der Waals surface area contributed by atoms with Crippen LogP contribution < -0.4 is 0 Å². The largest absolute Gasteiger partial charge is 0.476 e. The Bertz CT molecular complexity index is 992. The Kier molecular flexibility index (Phi) is 4.09. The number of carboxylic acid groups (broad SMARTS) is 1. The van der Waals surface area contributed by atoms with Crippen molar-refractivity contribution in [1.29, 1.82) is 0 Å². The van der Waals surface area contributed by atoms with E-state index in [1.165, 1.54) is 24.3 Å². The number of hydrogen-bond donors (Lipinski definition) is 2. The lowest BCUT2D eigenvalue weighted by Crippen LogP contribution is -2.06. The van der Waals surface area contributed by atoms with Crippen LogP contribution in [0.5, 0.6) is 0 Å². The summed E-state index contributed by atoms with van der Waals surface area (Å²) in [6, 6.07) is 7.12. The Morgan fingerprint density at radius 2 is 1.52 bits per heavy atom. The van der Waals surface area contributed by atoms with E-state index in [0.717, 1.165) is 12.1 Å². The van der Waals surface area contributed by atoms with Gasteiger partial charge in [-0.15, -0.1) is 0 Å². The molecule has 2 N–H and O–H groups in total. The maximum atomic E-state index is 13.4. The lowest BCUT2D eigenvalue weighted by molar-refractivity contribution is -0.136. The molecule has 1 heterocycles. The summed E-state index contributed by atoms with van der Waals surface area (Å²) >= 11 is 11.8. The van der Waals surface area contributed by atoms with Crippen LogP contribution in [0.2, 0.25) is 10.0 Å². The first-order valence-electron chi connectivity index (χ1n) is 6.73. The van der Waals surface area contributed by atoms with Crippen molar-refractivity contribution in [3.8, 4) is 11.1 Å². The molecule has 1 aromatic heterocycles. The lowest BCUT2D eigenvalue weighted by Gasteiger charge is -2.12. The van der Waals surface area contributed by atoms with Gasteiger partial charge >= 0.3 is 12.1 Å². The smallest absolute Gasteiger partial charge is 0.417 e. The highest BCUT2D eigenvalue weighted by molar-refractivity contribution is 6.35. The number of fused-ring (bicyclic) bond motifs is 1. The first kappa shape index (κ1) is 17.4. The number of halogens is 5. The Morgan fingerprint density at radius 3 is 2.04 bits per heavy atom. The van der Waals surface area contributed by atoms with Crippen molar-refractivity contribution in [2.45, 2.75) is 6.18 Å². The summed E-state index contributed by atoms with van der Waals surface area (Å²) in [6.07, 6.45) is -4.76. The Morgan fingerprint density at radius 1 is 0.960 bits per heavy atom. The van der Waals surface area contributed by atoms with E-state index in [-0.39, 0.29) is 25.9 Å². The monoisotopic (exact) mass is 389 g/mol. The van der Waals surface area contributed by atoms with Crippen LogP contribution in [0.4, 0.5) is 13.2 Å². The summed E-state index contributed by atoms with van der Waals surface area (Å²) in [6.45, 7) is 0. The molecule has 0 radical (unpaired) electrons. The molecule has 0 amide bonds. The molecule has 0 aliphatic carbocycles. The van der Waals surface area contributed by atoms with E-state index >= 15 is 0 Å². The molecule has 9 heteroatoms. The molecule has 0 saturated carbocycles. The van der Waals surface area contributed by atoms with E-state index in [0.29, 0.717) is 5.56 Å². The van der Waals surface area contributed by atoms with Gasteiger partial charge in [0.15, 0.2) is 5.69 Å². The average molecular weight is 390 g/mol. The molecule has 0 bridgehead atoms. The van der Waals surface area contributed by atoms with Gasteiger partial charge in [-0.25, -0.2) is 4.79 Å². The molecule has 0 aliphatic heterocycles. The molecule has 130 valence electrons. The van der Waals surface area contributed by atoms with Gasteiger partial charge in [-0.1, -0.05) is 23.2 Å². The number of benzene rings is 2. The van der Waals surface area contributed by atoms with Gasteiger partial charge in [0.2, 0.25) is 0 Å². The van der Waals surface area contributed by atoms with Gasteiger partial charge in [-0.3, -0.25) is 0 Å². The van der Waals surface area contributed by atoms with Crippen LogP contribution in [0.3, 0.4) is 0 Å². The fourth-order valence-corrected chi connectivity index (χ4v) is 3.09. The Balaban J connectivity index is 2.38. The predicted octanol–water partition coefficient (Wildman–Crippen LogP) is 5.57. The zero-order valence-corrected chi connectivity index (χ0v) is 13.6. The number of aromatic carboxylic acids is 1. The maximum Gasteiger partial charge on any atom is 0.417 e. The van der Waals surface area contributed by atoms with Crippen LogP contribution in [0.25, 0.3) is 22.0 Å². The van der Waals surface area contributed by atoms with Gasteiger partial charge in [0.05, 0.1) is 11.1 Å². The van der Waals surface area contributed by atoms with Crippen LogP contribution in [0.1, 0.15) is 16.1 Å². The Labute approximate surface area is 148 Å². The second kappa shape index (κ2) is 5.86. The fraction of sp³-hybridized carbons (Fsp3) is 0.0625. The molecular weight excluding hydrogens is 382 g/mol. The zero-order valence-electron chi connectivity index (χ0n) is 12.1. The molecule has 3 rings (SSSR count). The van der Waals surface area contributed by atoms with E-state index in [9.17, 15) is 23.2 Å². The highest BCUT2D eigenvalue weighted by Crippen LogP contribution is 2.40. The van der Waals surface area contributed by atoms with E-state index in [4.69, 9.17) is 28.3 Å². The SMILES string of the molecule is O=C(O)c1cc2c(C(F)(F)F)cc(-c3cc(Cl)cc(Cl)c3)cc2n1O. The van der Waals surface area contributed by atoms with E-state index in [1.54, 1.807) is 0 Å². The number of hydrogen-bond acceptors (Lipinski definition) is 2. The number of nitrogens with zero attached hydrogens (tertiary/aromatic N) is 1. The van der Waals surface area contributed by atoms with Gasteiger partial charge < -0.3 is 10.3 Å². The van der Waals surface area contributed by atoms with Crippen molar-refractivity contribution in [1.82, 2.24) is 4.73 Å². The lowest BCUT2D eigenvalue weighted by atomic mass is 10.00. The van der Waals surface area contributed by atoms with E-state index < -0.39 is 28.8 Å². The summed E-state index contributed by atoms with van der Waals surface area (Å²) in [5, 5.41) is 19.0. The van der Waals surface area contributed by atoms with Crippen LogP contribution in [0, 0.1) is 0 Å². The first-order valence-corrected chi connectivity index (χ1v) is 7.49. The minimum Gasteiger partial charge on any atom is -0.476 e. The zero-order chi connectivity index (χ0) is 18.5. The second-order valence-electron chi connectivity index (χ2n) is 5.26. The molecular formula is C16H8Cl2F3NO3. The second-order valence-corrected chi connectivity index (χ2v) is 6.13. The van der Waals surface area contributed by atoms with Crippen LogP contribution in [-0.4, -0.2) is 21.0 Å². The van der Waals surface area contributed by atoms with Crippen molar-refractivity contribution < 1.29 is 28.3 Å². The molecule has 3 aromatic rings. The van der Waals surface area contributed by atoms with Gasteiger partial charge in [-0.05, 0) is 47.5 Å². The molecule has 0 unspecified atom stereocenters. The van der Waals surface area contributed by atoms with Crippen LogP contribution in [-0.2, 0) is 6.18 Å². The third-order valence-corrected chi connectivity index (χ3v) is 4.05. The fourth-order valence-electron chi connectivity index (χ4n) is 2.57. The summed E-state index contributed by atoms with van der Waals surface area (Å²) < 4.78 is 40.5. The van der Waals surface area contributed by atoms with Crippen molar-refractivity contribution in [2.24, 2.45) is 0 Å². The first-order chi connectivity index (χ1) is 11.6. The molecule has 0 atom stereocenters. The van der Waals surface area contributed by atoms with Crippen molar-refractivity contribution in [2.75, 3.05) is 0 Å². The highest BCUT2D eigenvalue weighted by atomic mass is 35.5. The summed E-state index contributed by atoms with van der Waals surface area (Å²) in [4.78, 5) is 11.1. The molecule has 0 aliphatic rings. The minimum absolute atomic E-state index is 0.0783. The summed E-state index contributed by atoms with van der Waals surface area (Å²) in [5.74, 6) is -1.56. The quantitative estimate of drug-likeness (QED) is 0.563. The molecule has 0 fully saturated rings. The normalized spacial score (nSPS) is 11.9. The predicted molar refractivity (Wildman–Crippen MR) is 86.5 cm³/mol. The molecule has 25 heavy (non-hydrogen) atoms. The van der Waals surface area contributed by atoms with Crippen LogP contribution in [0.15, 0.2) is 36.4 Å². The van der Waals surface area contributed by atoms with Gasteiger partial charge in [-0.2, -0.15) is 17.9 Å². The number of carbonyl (C=O) groups is 1. The maximum absolute atomic E-state index is 13.4. The van der Waals surface area contributed by atoms with E-state index in [2.05, 4.69) is 0 Å². The summed E-state index contributed by atoms with van der Waals surface area (Å²) in [7, 11) is 0. The van der Waals surface area contributed by atoms with Gasteiger partial charge in [0, 0.05) is 15.4 Å². The van der Waals surface area contributed by atoms with Gasteiger partial charge in [0.1, 0.15) is 0 Å². The van der Waals surface area contributed by atoms with Gasteiger partial charge in [0.25, 0.3) is 0 Å². The molecule has 0 spiro atoms. The Hall–Kier alpha value is -2.38. The molecule has 0 saturated heterocycles. The topological polar surface area (TPSA) is 62.5 Å². The molecule has 2 aromatic carbocycles.